The van der Waals surface area contributed by atoms with Crippen LogP contribution in [-0.4, -0.2) is 80.1 Å². The van der Waals surface area contributed by atoms with Gasteiger partial charge in [-0.25, -0.2) is 4.79 Å². The standard InChI is InChI=1S/C24H27N5O9/c25-15-5-2-1-4-14(15)21(32)27-17(12-30)23(34)28-9-3-6-18(28)22(33)26-16(24(35)36)10-13-7-8-20(31)19(11-13)29(37)38/h1-2,4-5,7-8,11,16-18,30-31H,3,6,9-10,12,25H2,(H,26,33)(H,27,32)(H,35,36). The minimum Gasteiger partial charge on any atom is -0.502 e. The van der Waals surface area contributed by atoms with Gasteiger partial charge in [0.05, 0.1) is 17.1 Å². The molecule has 3 rings (SSSR count). The fourth-order valence-electron chi connectivity index (χ4n) is 4.17. The van der Waals surface area contributed by atoms with Gasteiger partial charge in [0.15, 0.2) is 5.75 Å². The lowest BCUT2D eigenvalue weighted by molar-refractivity contribution is -0.385. The molecule has 0 bridgehead atoms. The zero-order valence-corrected chi connectivity index (χ0v) is 20.1. The first-order valence-electron chi connectivity index (χ1n) is 11.6. The van der Waals surface area contributed by atoms with Crippen LogP contribution in [0, 0.1) is 10.1 Å². The zero-order chi connectivity index (χ0) is 28.0. The Morgan fingerprint density at radius 1 is 1.13 bits per heavy atom. The summed E-state index contributed by atoms with van der Waals surface area (Å²) in [5.74, 6) is -4.19. The Morgan fingerprint density at radius 3 is 2.47 bits per heavy atom. The monoisotopic (exact) mass is 529 g/mol. The van der Waals surface area contributed by atoms with Gasteiger partial charge in [-0.3, -0.25) is 24.5 Å². The molecule has 38 heavy (non-hydrogen) atoms. The van der Waals surface area contributed by atoms with Crippen molar-refractivity contribution >= 4 is 35.1 Å². The van der Waals surface area contributed by atoms with Crippen molar-refractivity contribution in [3.8, 4) is 5.75 Å². The van der Waals surface area contributed by atoms with Crippen molar-refractivity contribution in [2.45, 2.75) is 37.4 Å². The molecule has 14 heteroatoms. The molecule has 3 unspecified atom stereocenters. The van der Waals surface area contributed by atoms with E-state index in [1.54, 1.807) is 12.1 Å². The number of carbonyl (C=O) groups is 4. The van der Waals surface area contributed by atoms with Gasteiger partial charge in [-0.05, 0) is 36.6 Å². The average molecular weight is 530 g/mol. The third-order valence-electron chi connectivity index (χ3n) is 6.12. The Bertz CT molecular complexity index is 1250. The summed E-state index contributed by atoms with van der Waals surface area (Å²) >= 11 is 0. The maximum Gasteiger partial charge on any atom is 0.326 e. The second-order valence-corrected chi connectivity index (χ2v) is 8.67. The molecule has 0 spiro atoms. The number of carboxylic acids is 1. The molecule has 0 radical (unpaired) electrons. The Kier molecular flexibility index (Phi) is 8.81. The minimum absolute atomic E-state index is 0.105. The van der Waals surface area contributed by atoms with Crippen molar-refractivity contribution in [1.82, 2.24) is 15.5 Å². The molecule has 2 aromatic carbocycles. The largest absolute Gasteiger partial charge is 0.502 e. The number of para-hydroxylation sites is 1. The number of aromatic hydroxyl groups is 1. The second-order valence-electron chi connectivity index (χ2n) is 8.67. The number of nitrogens with one attached hydrogen (secondary N) is 2. The molecule has 1 fully saturated rings. The number of phenolic OH excluding ortho intramolecular Hbond substituents is 1. The van der Waals surface area contributed by atoms with Gasteiger partial charge in [0, 0.05) is 24.7 Å². The van der Waals surface area contributed by atoms with Crippen LogP contribution in [0.2, 0.25) is 0 Å². The summed E-state index contributed by atoms with van der Waals surface area (Å²) in [6, 6.07) is 5.59. The van der Waals surface area contributed by atoms with Gasteiger partial charge in [0.25, 0.3) is 5.91 Å². The first-order chi connectivity index (χ1) is 18.0. The molecule has 202 valence electrons. The fraction of sp³-hybridized carbons (Fsp3) is 0.333. The number of rotatable bonds is 10. The number of aliphatic carboxylic acids is 1. The number of benzene rings is 2. The summed E-state index contributed by atoms with van der Waals surface area (Å²) in [4.78, 5) is 61.9. The maximum absolute atomic E-state index is 13.1. The number of hydrogen-bond acceptors (Lipinski definition) is 9. The number of nitrogens with two attached hydrogens (primary N) is 1. The predicted octanol–water partition coefficient (Wildman–Crippen LogP) is -0.224. The van der Waals surface area contributed by atoms with Crippen LogP contribution in [0.4, 0.5) is 11.4 Å². The summed E-state index contributed by atoms with van der Waals surface area (Å²) in [6.07, 6.45) is 0.312. The van der Waals surface area contributed by atoms with Crippen LogP contribution in [0.15, 0.2) is 42.5 Å². The number of amides is 3. The second kappa shape index (κ2) is 12.0. The predicted molar refractivity (Wildman–Crippen MR) is 132 cm³/mol. The highest BCUT2D eigenvalue weighted by Gasteiger charge is 2.39. The molecule has 0 saturated carbocycles. The molecule has 0 aliphatic carbocycles. The number of nitrogens with zero attached hydrogens (tertiary/aromatic N) is 2. The molecule has 1 saturated heterocycles. The van der Waals surface area contributed by atoms with Gasteiger partial charge in [0.1, 0.15) is 18.1 Å². The van der Waals surface area contributed by atoms with Gasteiger partial charge < -0.3 is 36.6 Å². The summed E-state index contributed by atoms with van der Waals surface area (Å²) in [6.45, 7) is -0.613. The molecule has 3 amide bonds. The van der Waals surface area contributed by atoms with Crippen molar-refractivity contribution in [3.05, 3.63) is 63.7 Å². The molecule has 1 aliphatic rings. The van der Waals surface area contributed by atoms with E-state index >= 15 is 0 Å². The number of aliphatic hydroxyl groups is 1. The van der Waals surface area contributed by atoms with Crippen molar-refractivity contribution < 1.29 is 39.4 Å². The van der Waals surface area contributed by atoms with Crippen LogP contribution < -0.4 is 16.4 Å². The fourth-order valence-corrected chi connectivity index (χ4v) is 4.17. The third kappa shape index (κ3) is 6.34. The maximum atomic E-state index is 13.1. The average Bonchev–Trinajstić information content (AvgIpc) is 3.37. The highest BCUT2D eigenvalue weighted by molar-refractivity contribution is 6.02. The first kappa shape index (κ1) is 27.9. The molecule has 1 heterocycles. The van der Waals surface area contributed by atoms with E-state index in [0.29, 0.717) is 6.42 Å². The van der Waals surface area contributed by atoms with E-state index < -0.39 is 64.8 Å². The van der Waals surface area contributed by atoms with Gasteiger partial charge in [-0.15, -0.1) is 0 Å². The van der Waals surface area contributed by atoms with E-state index in [0.717, 1.165) is 17.0 Å². The van der Waals surface area contributed by atoms with Crippen LogP contribution in [0.25, 0.3) is 0 Å². The molecule has 3 atom stereocenters. The summed E-state index contributed by atoms with van der Waals surface area (Å²) in [7, 11) is 0. The van der Waals surface area contributed by atoms with Crippen LogP contribution in [0.1, 0.15) is 28.8 Å². The highest BCUT2D eigenvalue weighted by Crippen LogP contribution is 2.27. The van der Waals surface area contributed by atoms with Gasteiger partial charge in [0.2, 0.25) is 11.8 Å². The molecular formula is C24H27N5O9. The van der Waals surface area contributed by atoms with Crippen molar-refractivity contribution in [2.75, 3.05) is 18.9 Å². The van der Waals surface area contributed by atoms with Crippen LogP contribution >= 0.6 is 0 Å². The van der Waals surface area contributed by atoms with Gasteiger partial charge in [-0.1, -0.05) is 18.2 Å². The SMILES string of the molecule is Nc1ccccc1C(=O)NC(CO)C(=O)N1CCCC1C(=O)NC(Cc1ccc(O)c([N+](=O)[O-])c1)C(=O)O. The molecule has 0 aromatic heterocycles. The lowest BCUT2D eigenvalue weighted by Crippen LogP contribution is -2.56. The zero-order valence-electron chi connectivity index (χ0n) is 20.1. The Labute approximate surface area is 216 Å². The topological polar surface area (TPSA) is 225 Å². The Morgan fingerprint density at radius 2 is 1.84 bits per heavy atom. The third-order valence-corrected chi connectivity index (χ3v) is 6.12. The van der Waals surface area contributed by atoms with Crippen LogP contribution in [-0.2, 0) is 20.8 Å². The molecule has 1 aliphatic heterocycles. The summed E-state index contributed by atoms with van der Waals surface area (Å²) in [5.41, 5.74) is 5.64. The Hall–Kier alpha value is -4.72. The number of nitro groups is 1. The van der Waals surface area contributed by atoms with Crippen LogP contribution in [0.3, 0.4) is 0 Å². The number of carbonyl (C=O) groups excluding carboxylic acids is 3. The van der Waals surface area contributed by atoms with Crippen LogP contribution in [0.5, 0.6) is 5.75 Å². The molecule has 7 N–H and O–H groups in total. The van der Waals surface area contributed by atoms with E-state index in [-0.39, 0.29) is 36.2 Å². The number of hydrogen-bond donors (Lipinski definition) is 6. The van der Waals surface area contributed by atoms with Crippen molar-refractivity contribution in [2.24, 2.45) is 0 Å². The van der Waals surface area contributed by atoms with Crippen molar-refractivity contribution in [1.29, 1.82) is 0 Å². The smallest absolute Gasteiger partial charge is 0.326 e. The normalized spacial score (nSPS) is 16.3. The van der Waals surface area contributed by atoms with E-state index in [4.69, 9.17) is 5.73 Å². The molecule has 2 aromatic rings. The lowest BCUT2D eigenvalue weighted by atomic mass is 10.0. The van der Waals surface area contributed by atoms with E-state index in [2.05, 4.69) is 10.6 Å². The number of aliphatic hydroxyl groups excluding tert-OH is 1. The number of carboxylic acid groups (broad SMARTS) is 1. The minimum atomic E-state index is -1.49. The number of nitrogen functional groups attached to an aromatic ring is 1. The molecule has 14 nitrogen and oxygen atoms in total. The lowest BCUT2D eigenvalue weighted by Gasteiger charge is -2.29. The number of nitro benzene ring substituents is 1. The quantitative estimate of drug-likeness (QED) is 0.135. The highest BCUT2D eigenvalue weighted by atomic mass is 16.6. The van der Waals surface area contributed by atoms with E-state index in [9.17, 15) is 44.6 Å². The number of likely N-dealkylation sites (tertiary alicyclic amines) is 1. The summed E-state index contributed by atoms with van der Waals surface area (Å²) in [5, 5.41) is 44.8. The number of anilines is 1. The van der Waals surface area contributed by atoms with Crippen molar-refractivity contribution in [3.63, 3.8) is 0 Å². The van der Waals surface area contributed by atoms with E-state index in [1.807, 2.05) is 0 Å². The Balaban J connectivity index is 1.71. The first-order valence-corrected chi connectivity index (χ1v) is 11.6. The molecular weight excluding hydrogens is 502 g/mol. The summed E-state index contributed by atoms with van der Waals surface area (Å²) < 4.78 is 0. The van der Waals surface area contributed by atoms with Gasteiger partial charge in [-0.2, -0.15) is 0 Å². The van der Waals surface area contributed by atoms with E-state index in [1.165, 1.54) is 18.2 Å². The number of phenols is 1. The van der Waals surface area contributed by atoms with Gasteiger partial charge >= 0.3 is 11.7 Å².